The van der Waals surface area contributed by atoms with Gasteiger partial charge in [-0.05, 0) is 41.1 Å². The fraction of sp³-hybridized carbons (Fsp3) is 0.286. The van der Waals surface area contributed by atoms with Gasteiger partial charge in [-0.1, -0.05) is 0 Å². The molecule has 0 bridgehead atoms. The number of hydrogen-bond donors (Lipinski definition) is 0. The minimum absolute atomic E-state index is 0.0281. The molecule has 0 spiro atoms. The number of nitrogens with zero attached hydrogens (tertiary/aromatic N) is 1. The molecule has 0 aliphatic rings. The van der Waals surface area contributed by atoms with Crippen LogP contribution in [0, 0.1) is 10.6 Å². The fourth-order valence-electron chi connectivity index (χ4n) is 0.993. The lowest BCUT2D eigenvalue weighted by atomic mass is 10.3. The molecule has 0 aliphatic carbocycles. The summed E-state index contributed by atoms with van der Waals surface area (Å²) in [5.74, 6) is -0.570. The van der Waals surface area contributed by atoms with E-state index in [0.717, 1.165) is 6.07 Å². The average Bonchev–Trinajstić information content (AvgIpc) is 2.06. The van der Waals surface area contributed by atoms with Crippen molar-refractivity contribution in [2.24, 2.45) is 0 Å². The maximum Gasteiger partial charge on any atom is 0.573 e. The summed E-state index contributed by atoms with van der Waals surface area (Å²) in [5.41, 5.74) is -0.0281. The third kappa shape index (κ3) is 4.14. The summed E-state index contributed by atoms with van der Waals surface area (Å²) in [6.45, 7) is 1.27. The Morgan fingerprint density at radius 1 is 1.47 bits per heavy atom. The highest BCUT2D eigenvalue weighted by molar-refractivity contribution is 14.1. The Balaban J connectivity index is 3.29. The first-order chi connectivity index (χ1) is 7.50. The van der Waals surface area contributed by atoms with Gasteiger partial charge in [0.1, 0.15) is 3.70 Å². The number of halogens is 5. The Bertz CT molecular complexity index is 546. The van der Waals surface area contributed by atoms with E-state index in [9.17, 15) is 21.6 Å². The first-order valence-corrected chi connectivity index (χ1v) is 7.27. The largest absolute Gasteiger partial charge is 0.573 e. The summed E-state index contributed by atoms with van der Waals surface area (Å²) in [6.07, 6.45) is -4.87. The molecule has 96 valence electrons. The molecule has 0 amide bonds. The molecular formula is C7H4ClF3INO3S. The summed E-state index contributed by atoms with van der Waals surface area (Å²) in [6, 6.07) is 0.914. The molecule has 0 aromatic carbocycles. The van der Waals surface area contributed by atoms with Crippen molar-refractivity contribution in [2.75, 3.05) is 0 Å². The first kappa shape index (κ1) is 14.8. The van der Waals surface area contributed by atoms with Crippen LogP contribution in [0.2, 0.25) is 0 Å². The van der Waals surface area contributed by atoms with Gasteiger partial charge in [-0.3, -0.25) is 0 Å². The Kier molecular flexibility index (Phi) is 4.14. The van der Waals surface area contributed by atoms with E-state index in [1.807, 2.05) is 0 Å². The standard InChI is InChI=1S/C7H4ClF3INO3S/c1-3-2-4(16-7(9,10)11)5(12)13-6(3)17(8,14)15/h2H,1H3. The molecule has 0 N–H and O–H groups in total. The van der Waals surface area contributed by atoms with Gasteiger partial charge >= 0.3 is 6.36 Å². The average molecular weight is 402 g/mol. The van der Waals surface area contributed by atoms with Gasteiger partial charge in [-0.25, -0.2) is 13.4 Å². The van der Waals surface area contributed by atoms with Crippen molar-refractivity contribution in [2.45, 2.75) is 18.3 Å². The summed E-state index contributed by atoms with van der Waals surface area (Å²) >= 11 is 1.42. The third-order valence-electron chi connectivity index (χ3n) is 1.54. The van der Waals surface area contributed by atoms with E-state index in [4.69, 9.17) is 10.7 Å². The molecule has 1 aromatic heterocycles. The molecule has 0 atom stereocenters. The zero-order valence-corrected chi connectivity index (χ0v) is 11.8. The van der Waals surface area contributed by atoms with Gasteiger partial charge < -0.3 is 4.74 Å². The van der Waals surface area contributed by atoms with Crippen molar-refractivity contribution in [3.8, 4) is 5.75 Å². The number of aryl methyl sites for hydroxylation is 1. The van der Waals surface area contributed by atoms with E-state index in [-0.39, 0.29) is 9.26 Å². The molecule has 0 unspecified atom stereocenters. The van der Waals surface area contributed by atoms with Crippen LogP contribution in [0.3, 0.4) is 0 Å². The molecule has 10 heteroatoms. The molecule has 4 nitrogen and oxygen atoms in total. The van der Waals surface area contributed by atoms with Crippen LogP contribution in [0.4, 0.5) is 13.2 Å². The van der Waals surface area contributed by atoms with E-state index < -0.39 is 26.2 Å². The zero-order valence-electron chi connectivity index (χ0n) is 8.05. The van der Waals surface area contributed by atoms with Crippen LogP contribution in [0.1, 0.15) is 5.56 Å². The van der Waals surface area contributed by atoms with Gasteiger partial charge in [0.05, 0.1) is 0 Å². The number of aromatic nitrogens is 1. The van der Waals surface area contributed by atoms with Crippen molar-refractivity contribution in [3.05, 3.63) is 15.3 Å². The van der Waals surface area contributed by atoms with Crippen LogP contribution in [0.25, 0.3) is 0 Å². The van der Waals surface area contributed by atoms with Crippen molar-refractivity contribution < 1.29 is 26.3 Å². The second kappa shape index (κ2) is 4.76. The summed E-state index contributed by atoms with van der Waals surface area (Å²) < 4.78 is 61.5. The van der Waals surface area contributed by atoms with Crippen LogP contribution in [-0.4, -0.2) is 19.8 Å². The lowest BCUT2D eigenvalue weighted by molar-refractivity contribution is -0.275. The first-order valence-electron chi connectivity index (χ1n) is 3.88. The predicted octanol–water partition coefficient (Wildman–Crippen LogP) is 2.82. The zero-order chi connectivity index (χ0) is 13.4. The highest BCUT2D eigenvalue weighted by Gasteiger charge is 2.33. The Morgan fingerprint density at radius 3 is 2.41 bits per heavy atom. The van der Waals surface area contributed by atoms with Crippen molar-refractivity contribution in [1.29, 1.82) is 0 Å². The highest BCUT2D eigenvalue weighted by Crippen LogP contribution is 2.30. The van der Waals surface area contributed by atoms with Crippen LogP contribution in [0.5, 0.6) is 5.75 Å². The minimum Gasteiger partial charge on any atom is -0.403 e. The van der Waals surface area contributed by atoms with E-state index in [1.54, 1.807) is 0 Å². The number of ether oxygens (including phenoxy) is 1. The van der Waals surface area contributed by atoms with Crippen LogP contribution < -0.4 is 4.74 Å². The quantitative estimate of drug-likeness (QED) is 0.434. The van der Waals surface area contributed by atoms with Gasteiger partial charge in [-0.2, -0.15) is 0 Å². The molecule has 0 saturated heterocycles. The Morgan fingerprint density at radius 2 is 2.00 bits per heavy atom. The second-order valence-corrected chi connectivity index (χ2v) is 6.39. The molecule has 0 aliphatic heterocycles. The number of pyridine rings is 1. The van der Waals surface area contributed by atoms with Gasteiger partial charge in [0.2, 0.25) is 0 Å². The van der Waals surface area contributed by atoms with Crippen molar-refractivity contribution in [3.63, 3.8) is 0 Å². The SMILES string of the molecule is Cc1cc(OC(F)(F)F)c(I)nc1S(=O)(=O)Cl. The number of rotatable bonds is 2. The second-order valence-electron chi connectivity index (χ2n) is 2.89. The molecule has 0 saturated carbocycles. The monoisotopic (exact) mass is 401 g/mol. The Labute approximate surface area is 113 Å². The fourth-order valence-corrected chi connectivity index (χ4v) is 2.78. The maximum absolute atomic E-state index is 12.0. The lowest BCUT2D eigenvalue weighted by Crippen LogP contribution is -2.18. The molecule has 0 fully saturated rings. The van der Waals surface area contributed by atoms with Gasteiger partial charge in [0.25, 0.3) is 9.05 Å². The molecule has 1 heterocycles. The highest BCUT2D eigenvalue weighted by atomic mass is 127. The maximum atomic E-state index is 12.0. The van der Waals surface area contributed by atoms with E-state index in [1.165, 1.54) is 29.5 Å². The molecule has 17 heavy (non-hydrogen) atoms. The van der Waals surface area contributed by atoms with Crippen LogP contribution in [0.15, 0.2) is 11.1 Å². The van der Waals surface area contributed by atoms with Crippen molar-refractivity contribution >= 4 is 42.3 Å². The van der Waals surface area contributed by atoms with Gasteiger partial charge in [-0.15, -0.1) is 13.2 Å². The van der Waals surface area contributed by atoms with E-state index in [2.05, 4.69) is 9.72 Å². The summed E-state index contributed by atoms with van der Waals surface area (Å²) in [5, 5.41) is -0.488. The Hall–Kier alpha value is -0.290. The normalized spacial score (nSPS) is 12.6. The van der Waals surface area contributed by atoms with Crippen LogP contribution in [-0.2, 0) is 9.05 Å². The van der Waals surface area contributed by atoms with Gasteiger partial charge in [0.15, 0.2) is 10.8 Å². The van der Waals surface area contributed by atoms with E-state index in [0.29, 0.717) is 0 Å². The third-order valence-corrected chi connectivity index (χ3v) is 3.63. The number of hydrogen-bond acceptors (Lipinski definition) is 4. The summed E-state index contributed by atoms with van der Waals surface area (Å²) in [7, 11) is 0.968. The predicted molar refractivity (Wildman–Crippen MR) is 61.4 cm³/mol. The topological polar surface area (TPSA) is 56.3 Å². The van der Waals surface area contributed by atoms with Gasteiger partial charge in [0, 0.05) is 10.7 Å². The van der Waals surface area contributed by atoms with Crippen LogP contribution >= 0.6 is 33.3 Å². The number of alkyl halides is 3. The van der Waals surface area contributed by atoms with Crippen molar-refractivity contribution in [1.82, 2.24) is 4.98 Å². The lowest BCUT2D eigenvalue weighted by Gasteiger charge is -2.11. The smallest absolute Gasteiger partial charge is 0.403 e. The van der Waals surface area contributed by atoms with E-state index >= 15 is 0 Å². The molecule has 1 rings (SSSR count). The molecular weight excluding hydrogens is 397 g/mol. The molecule has 1 aromatic rings. The molecule has 0 radical (unpaired) electrons. The summed E-state index contributed by atoms with van der Waals surface area (Å²) in [4.78, 5) is 3.47. The minimum atomic E-state index is -4.87.